The number of nitrogens with zero attached hydrogens (tertiary/aromatic N) is 1. The van der Waals surface area contributed by atoms with Crippen LogP contribution in [-0.4, -0.2) is 15.6 Å². The van der Waals surface area contributed by atoms with E-state index in [9.17, 15) is 4.79 Å². The van der Waals surface area contributed by atoms with Crippen LogP contribution in [0.5, 0.6) is 0 Å². The molecule has 3 nitrogen and oxygen atoms in total. The summed E-state index contributed by atoms with van der Waals surface area (Å²) in [5.74, 6) is -0.885. The number of carboxylic acids is 1. The first-order chi connectivity index (χ1) is 8.15. The molecule has 0 radical (unpaired) electrons. The number of rotatable bonds is 1. The average molecular weight is 292 g/mol. The molecule has 2 aromatic rings. The van der Waals surface area contributed by atoms with Crippen LogP contribution in [0.3, 0.4) is 0 Å². The largest absolute Gasteiger partial charge is 0.478 e. The van der Waals surface area contributed by atoms with E-state index in [2.05, 4.69) is 22.0 Å². The Morgan fingerprint density at radius 2 is 2.18 bits per heavy atom. The van der Waals surface area contributed by atoms with Crippen molar-refractivity contribution >= 4 is 38.5 Å². The molecule has 86 valence electrons. The van der Waals surface area contributed by atoms with Crippen LogP contribution < -0.4 is 0 Å². The lowest BCUT2D eigenvalue weighted by atomic mass is 10.2. The van der Waals surface area contributed by atoms with Gasteiger partial charge >= 0.3 is 5.97 Å². The molecule has 2 heterocycles. The van der Waals surface area contributed by atoms with E-state index in [-0.39, 0.29) is 0 Å². The SMILES string of the molecule is O=C(O)C=C1CCc2cc3ccc(Br)cc3n21. The quantitative estimate of drug-likeness (QED) is 0.820. The molecule has 0 spiro atoms. The molecule has 0 saturated carbocycles. The average Bonchev–Trinajstić information content (AvgIpc) is 2.78. The molecule has 3 rings (SSSR count). The highest BCUT2D eigenvalue weighted by Gasteiger charge is 2.19. The molecule has 0 fully saturated rings. The minimum absolute atomic E-state index is 0.796. The van der Waals surface area contributed by atoms with E-state index in [1.165, 1.54) is 11.8 Å². The van der Waals surface area contributed by atoms with Gasteiger partial charge in [0.05, 0.1) is 5.52 Å². The van der Waals surface area contributed by atoms with E-state index in [4.69, 9.17) is 5.11 Å². The van der Waals surface area contributed by atoms with Crippen LogP contribution in [0.2, 0.25) is 0 Å². The molecule has 0 amide bonds. The lowest BCUT2D eigenvalue weighted by Gasteiger charge is -2.04. The monoisotopic (exact) mass is 291 g/mol. The first-order valence-corrected chi connectivity index (χ1v) is 6.18. The molecule has 17 heavy (non-hydrogen) atoms. The van der Waals surface area contributed by atoms with E-state index < -0.39 is 5.97 Å². The summed E-state index contributed by atoms with van der Waals surface area (Å²) in [5, 5.41) is 10.0. The molecule has 0 bridgehead atoms. The van der Waals surface area contributed by atoms with Crippen LogP contribution in [0.25, 0.3) is 16.6 Å². The van der Waals surface area contributed by atoms with Crippen LogP contribution in [0.1, 0.15) is 12.1 Å². The number of carbonyl (C=O) groups is 1. The van der Waals surface area contributed by atoms with Crippen molar-refractivity contribution < 1.29 is 9.90 Å². The van der Waals surface area contributed by atoms with E-state index in [0.717, 1.165) is 33.9 Å². The van der Waals surface area contributed by atoms with Gasteiger partial charge in [0, 0.05) is 27.3 Å². The fourth-order valence-electron chi connectivity index (χ4n) is 2.40. The van der Waals surface area contributed by atoms with E-state index >= 15 is 0 Å². The van der Waals surface area contributed by atoms with E-state index in [1.54, 1.807) is 0 Å². The third-order valence-corrected chi connectivity index (χ3v) is 3.55. The van der Waals surface area contributed by atoms with E-state index in [1.807, 2.05) is 22.8 Å². The Hall–Kier alpha value is -1.55. The zero-order valence-corrected chi connectivity index (χ0v) is 10.6. The summed E-state index contributed by atoms with van der Waals surface area (Å²) in [6.45, 7) is 0. The normalized spacial score (nSPS) is 16.6. The molecule has 1 aliphatic rings. The zero-order valence-electron chi connectivity index (χ0n) is 8.98. The van der Waals surface area contributed by atoms with Crippen molar-refractivity contribution in [3.05, 3.63) is 40.5 Å². The van der Waals surface area contributed by atoms with Gasteiger partial charge in [-0.1, -0.05) is 22.0 Å². The van der Waals surface area contributed by atoms with Crippen LogP contribution in [0, 0.1) is 0 Å². The van der Waals surface area contributed by atoms with Crippen molar-refractivity contribution in [2.45, 2.75) is 12.8 Å². The number of carboxylic acid groups (broad SMARTS) is 1. The lowest BCUT2D eigenvalue weighted by molar-refractivity contribution is -0.131. The first kappa shape index (κ1) is 10.6. The van der Waals surface area contributed by atoms with Crippen LogP contribution >= 0.6 is 15.9 Å². The minimum Gasteiger partial charge on any atom is -0.478 e. The molecule has 0 saturated heterocycles. The minimum atomic E-state index is -0.885. The number of fused-ring (bicyclic) bond motifs is 3. The number of hydrogen-bond donors (Lipinski definition) is 1. The third kappa shape index (κ3) is 1.69. The fraction of sp³-hybridized carbons (Fsp3) is 0.154. The summed E-state index contributed by atoms with van der Waals surface area (Å²) in [7, 11) is 0. The van der Waals surface area contributed by atoms with Crippen molar-refractivity contribution in [3.8, 4) is 0 Å². The summed E-state index contributed by atoms with van der Waals surface area (Å²) in [5.41, 5.74) is 3.12. The van der Waals surface area contributed by atoms with Crippen LogP contribution in [0.15, 0.2) is 34.8 Å². The topological polar surface area (TPSA) is 42.2 Å². The van der Waals surface area contributed by atoms with Gasteiger partial charge in [0.15, 0.2) is 0 Å². The second-order valence-electron chi connectivity index (χ2n) is 4.15. The van der Waals surface area contributed by atoms with Crippen LogP contribution in [0.4, 0.5) is 0 Å². The highest BCUT2D eigenvalue weighted by atomic mass is 79.9. The molecule has 1 aromatic carbocycles. The molecule has 1 aliphatic heterocycles. The Balaban J connectivity index is 2.28. The maximum absolute atomic E-state index is 10.8. The van der Waals surface area contributed by atoms with Crippen LogP contribution in [-0.2, 0) is 11.2 Å². The molecular formula is C13H10BrNO2. The Labute approximate surface area is 106 Å². The predicted octanol–water partition coefficient (Wildman–Crippen LogP) is 3.28. The van der Waals surface area contributed by atoms with Crippen molar-refractivity contribution in [2.75, 3.05) is 0 Å². The van der Waals surface area contributed by atoms with Gasteiger partial charge in [-0.2, -0.15) is 0 Å². The van der Waals surface area contributed by atoms with Crippen molar-refractivity contribution in [1.29, 1.82) is 0 Å². The number of benzene rings is 1. The maximum Gasteiger partial charge on any atom is 0.330 e. The van der Waals surface area contributed by atoms with Gasteiger partial charge in [-0.3, -0.25) is 0 Å². The fourth-order valence-corrected chi connectivity index (χ4v) is 2.75. The summed E-state index contributed by atoms with van der Waals surface area (Å²) in [6, 6.07) is 8.20. The predicted molar refractivity (Wildman–Crippen MR) is 69.9 cm³/mol. The number of aliphatic carboxylic acids is 1. The number of aryl methyl sites for hydroxylation is 1. The first-order valence-electron chi connectivity index (χ1n) is 5.39. The lowest BCUT2D eigenvalue weighted by Crippen LogP contribution is -1.96. The maximum atomic E-state index is 10.8. The van der Waals surface area contributed by atoms with E-state index in [0.29, 0.717) is 0 Å². The molecule has 0 atom stereocenters. The smallest absolute Gasteiger partial charge is 0.330 e. The number of aromatic nitrogens is 1. The summed E-state index contributed by atoms with van der Waals surface area (Å²) < 4.78 is 3.06. The molecule has 4 heteroatoms. The van der Waals surface area contributed by atoms with Gasteiger partial charge in [0.25, 0.3) is 0 Å². The summed E-state index contributed by atoms with van der Waals surface area (Å²) in [6.07, 6.45) is 3.01. The Kier molecular flexibility index (Phi) is 2.33. The van der Waals surface area contributed by atoms with Gasteiger partial charge in [-0.15, -0.1) is 0 Å². The number of hydrogen-bond acceptors (Lipinski definition) is 1. The number of allylic oxidation sites excluding steroid dienone is 1. The van der Waals surface area contributed by atoms with Crippen molar-refractivity contribution in [2.24, 2.45) is 0 Å². The second kappa shape index (κ2) is 3.74. The highest BCUT2D eigenvalue weighted by molar-refractivity contribution is 9.10. The Morgan fingerprint density at radius 3 is 2.94 bits per heavy atom. The molecule has 1 aromatic heterocycles. The van der Waals surface area contributed by atoms with Crippen molar-refractivity contribution in [1.82, 2.24) is 4.57 Å². The number of halogens is 1. The Morgan fingerprint density at radius 1 is 1.35 bits per heavy atom. The third-order valence-electron chi connectivity index (χ3n) is 3.06. The van der Waals surface area contributed by atoms with Gasteiger partial charge in [-0.25, -0.2) is 4.79 Å². The molecule has 0 aliphatic carbocycles. The molecular weight excluding hydrogens is 282 g/mol. The van der Waals surface area contributed by atoms with Gasteiger partial charge < -0.3 is 9.67 Å². The van der Waals surface area contributed by atoms with Crippen molar-refractivity contribution in [3.63, 3.8) is 0 Å². The van der Waals surface area contributed by atoms with Gasteiger partial charge in [0.1, 0.15) is 0 Å². The molecule has 1 N–H and O–H groups in total. The standard InChI is InChI=1S/C13H10BrNO2/c14-9-2-1-8-5-10-3-4-11(7-13(16)17)15(10)12(8)6-9/h1-2,5-7H,3-4H2,(H,16,17). The molecule has 0 unspecified atom stereocenters. The second-order valence-corrected chi connectivity index (χ2v) is 5.06. The summed E-state index contributed by atoms with van der Waals surface area (Å²) in [4.78, 5) is 10.8. The van der Waals surface area contributed by atoms with Gasteiger partial charge in [0.2, 0.25) is 0 Å². The summed E-state index contributed by atoms with van der Waals surface area (Å²) >= 11 is 3.45. The zero-order chi connectivity index (χ0) is 12.0. The Bertz CT molecular complexity index is 655. The highest BCUT2D eigenvalue weighted by Crippen LogP contribution is 2.33. The van der Waals surface area contributed by atoms with Gasteiger partial charge in [-0.05, 0) is 31.0 Å².